The van der Waals surface area contributed by atoms with Gasteiger partial charge in [0.2, 0.25) is 0 Å². The van der Waals surface area contributed by atoms with Gasteiger partial charge < -0.3 is 0 Å². The first-order valence-corrected chi connectivity index (χ1v) is 2.41. The highest BCUT2D eigenvalue weighted by atomic mass is 35.5. The maximum Gasteiger partial charge on any atom is 0.00366 e. The fourth-order valence-electron chi connectivity index (χ4n) is 0.250. The summed E-state index contributed by atoms with van der Waals surface area (Å²) in [6, 6.07) is 0. The summed E-state index contributed by atoms with van der Waals surface area (Å²) >= 11 is 0. The molecule has 1 N–H and O–H groups in total. The van der Waals surface area contributed by atoms with E-state index in [1.54, 1.807) is 0 Å². The van der Waals surface area contributed by atoms with Crippen LogP contribution in [0.1, 0.15) is 25.7 Å². The van der Waals surface area contributed by atoms with E-state index in [0.717, 1.165) is 0 Å². The molecule has 0 unspecified atom stereocenters. The topological polar surface area (TPSA) is 54.1 Å². The molecular weight excluding hydrogens is 130 g/mol. The molecular formula is C4H10ClNO2. The van der Waals surface area contributed by atoms with Crippen molar-refractivity contribution in [2.24, 2.45) is 0 Å². The van der Waals surface area contributed by atoms with Crippen LogP contribution in [0.2, 0.25) is 0 Å². The van der Waals surface area contributed by atoms with Crippen LogP contribution in [0.25, 0.3) is 0 Å². The summed E-state index contributed by atoms with van der Waals surface area (Å²) in [7, 11) is 0. The molecule has 0 aromatic rings. The van der Waals surface area contributed by atoms with E-state index < -0.39 is 0 Å². The average Bonchev–Trinajstić information content (AvgIpc) is 1.27. The van der Waals surface area contributed by atoms with E-state index in [4.69, 9.17) is 10.1 Å². The van der Waals surface area contributed by atoms with Crippen molar-refractivity contribution in [1.29, 1.82) is 0 Å². The fourth-order valence-corrected chi connectivity index (χ4v) is 0.250. The predicted molar refractivity (Wildman–Crippen MR) is 33.4 cm³/mol. The maximum atomic E-state index is 8.12. The van der Waals surface area contributed by atoms with Crippen LogP contribution in [0.15, 0.2) is 0 Å². The molecule has 0 radical (unpaired) electrons. The van der Waals surface area contributed by atoms with Gasteiger partial charge in [-0.3, -0.25) is 10.1 Å². The van der Waals surface area contributed by atoms with Gasteiger partial charge in [0.05, 0.1) is 0 Å². The monoisotopic (exact) mass is 139 g/mol. The highest BCUT2D eigenvalue weighted by Crippen LogP contribution is 2.15. The molecule has 4 heteroatoms. The Hall–Kier alpha value is -0.310. The molecule has 1 saturated carbocycles. The Bertz CT molecular complexity index is 43.3. The summed E-state index contributed by atoms with van der Waals surface area (Å²) in [5.41, 5.74) is 0. The highest BCUT2D eigenvalue weighted by molar-refractivity contribution is 5.85. The standard InChI is InChI=1S/C4H8.ClH.HNO2/c1-2-4-3-1;;2-1-3/h1-4H2;1H;1H. The summed E-state index contributed by atoms with van der Waals surface area (Å²) in [5, 5.41) is 8.38. The quantitative estimate of drug-likeness (QED) is 0.388. The molecule has 0 aromatic carbocycles. The Labute approximate surface area is 54.4 Å². The largest absolute Gasteiger partial charge is 0.267 e. The van der Waals surface area contributed by atoms with Gasteiger partial charge in [0.25, 0.3) is 0 Å². The average molecular weight is 140 g/mol. The molecule has 8 heavy (non-hydrogen) atoms. The molecule has 0 heterocycles. The number of rotatable bonds is 0. The highest BCUT2D eigenvalue weighted by Gasteiger charge is 1.95. The number of nitrogens with one attached hydrogen (secondary N) is 1. The molecule has 0 bridgehead atoms. The van der Waals surface area contributed by atoms with E-state index in [9.17, 15) is 0 Å². The molecule has 0 atom stereocenters. The molecule has 1 aliphatic carbocycles. The fraction of sp³-hybridized carbons (Fsp3) is 1.00. The second-order valence-electron chi connectivity index (χ2n) is 1.50. The zero-order chi connectivity index (χ0) is 5.54. The minimum Gasteiger partial charge on any atom is -0.267 e. The molecule has 0 aromatic heterocycles. The third-order valence-electron chi connectivity index (χ3n) is 1.000. The Balaban J connectivity index is 0. The Morgan fingerprint density at radius 1 is 1.12 bits per heavy atom. The molecule has 0 spiro atoms. The van der Waals surface area contributed by atoms with Crippen molar-refractivity contribution in [3.8, 4) is 0 Å². The molecule has 3 nitrogen and oxygen atoms in total. The van der Waals surface area contributed by atoms with Gasteiger partial charge in [-0.1, -0.05) is 25.7 Å². The van der Waals surface area contributed by atoms with Crippen molar-refractivity contribution in [3.63, 3.8) is 0 Å². The summed E-state index contributed by atoms with van der Waals surface area (Å²) in [6.07, 6.45) is 6.00. The Morgan fingerprint density at radius 3 is 1.25 bits per heavy atom. The normalized spacial score (nSPS) is 13.5. The first-order chi connectivity index (χ1) is 3.41. The summed E-state index contributed by atoms with van der Waals surface area (Å²) in [6.45, 7) is 0. The molecule has 1 aliphatic rings. The zero-order valence-electron chi connectivity index (χ0n) is 4.55. The Morgan fingerprint density at radius 2 is 1.25 bits per heavy atom. The van der Waals surface area contributed by atoms with Crippen LogP contribution in [-0.4, -0.2) is 0 Å². The third-order valence-corrected chi connectivity index (χ3v) is 1.000. The minimum absolute atomic E-state index is 0. The predicted octanol–water partition coefficient (Wildman–Crippen LogP) is 0.313. The first-order valence-electron chi connectivity index (χ1n) is 2.41. The molecule has 1 rings (SSSR count). The minimum atomic E-state index is 0. The van der Waals surface area contributed by atoms with Crippen LogP contribution in [0, 0.1) is 10.1 Å². The lowest BCUT2D eigenvalue weighted by Gasteiger charge is -2.05. The van der Waals surface area contributed by atoms with Crippen LogP contribution in [0.4, 0.5) is 0 Å². The number of halogens is 1. The van der Waals surface area contributed by atoms with Gasteiger partial charge in [-0.25, -0.2) is 0 Å². The van der Waals surface area contributed by atoms with Crippen molar-refractivity contribution >= 4 is 12.4 Å². The van der Waals surface area contributed by atoms with Crippen molar-refractivity contribution < 1.29 is 5.34 Å². The molecule has 0 aliphatic heterocycles. The molecule has 50 valence electrons. The van der Waals surface area contributed by atoms with Crippen molar-refractivity contribution in [3.05, 3.63) is 10.1 Å². The van der Waals surface area contributed by atoms with Gasteiger partial charge in [0.1, 0.15) is 0 Å². The van der Waals surface area contributed by atoms with Gasteiger partial charge in [-0.15, -0.1) is 12.4 Å². The molecule has 1 fully saturated rings. The van der Waals surface area contributed by atoms with Crippen molar-refractivity contribution in [2.75, 3.05) is 0 Å². The number of hydrogen-bond donors (Lipinski definition) is 1. The second kappa shape index (κ2) is 9.85. The second-order valence-corrected chi connectivity index (χ2v) is 1.50. The van der Waals surface area contributed by atoms with E-state index >= 15 is 0 Å². The zero-order valence-corrected chi connectivity index (χ0v) is 5.37. The van der Waals surface area contributed by atoms with Crippen LogP contribution < -0.4 is 5.34 Å². The van der Waals surface area contributed by atoms with Gasteiger partial charge >= 0.3 is 0 Å². The molecule has 0 saturated heterocycles. The van der Waals surface area contributed by atoms with Gasteiger partial charge in [0, 0.05) is 5.34 Å². The van der Waals surface area contributed by atoms with Crippen molar-refractivity contribution in [1.82, 2.24) is 0 Å². The van der Waals surface area contributed by atoms with Crippen molar-refractivity contribution in [2.45, 2.75) is 25.7 Å². The van der Waals surface area contributed by atoms with Gasteiger partial charge in [-0.2, -0.15) is 0 Å². The van der Waals surface area contributed by atoms with E-state index in [-0.39, 0.29) is 17.7 Å². The smallest absolute Gasteiger partial charge is 0.00366 e. The summed E-state index contributed by atoms with van der Waals surface area (Å²) in [5.74, 6) is 0. The lowest BCUT2D eigenvalue weighted by atomic mass is 10.0. The van der Waals surface area contributed by atoms with E-state index in [1.165, 1.54) is 25.7 Å². The molecule has 0 amide bonds. The third kappa shape index (κ3) is 9.19. The first kappa shape index (κ1) is 10.6. The van der Waals surface area contributed by atoms with E-state index in [0.29, 0.717) is 0 Å². The van der Waals surface area contributed by atoms with Gasteiger partial charge in [-0.05, 0) is 0 Å². The Kier molecular flexibility index (Phi) is 13.1. The van der Waals surface area contributed by atoms with E-state index in [1.807, 2.05) is 0 Å². The lowest BCUT2D eigenvalue weighted by Crippen LogP contribution is -2.53. The lowest BCUT2D eigenvalue weighted by molar-refractivity contribution is -0.398. The van der Waals surface area contributed by atoms with Crippen LogP contribution >= 0.6 is 12.4 Å². The summed E-state index contributed by atoms with van der Waals surface area (Å²) in [4.78, 5) is 8.12. The SMILES string of the molecule is C1CCC1.Cl.O=[NH+][O-]. The van der Waals surface area contributed by atoms with Crippen LogP contribution in [0.3, 0.4) is 0 Å². The summed E-state index contributed by atoms with van der Waals surface area (Å²) < 4.78 is 0. The van der Waals surface area contributed by atoms with Crippen LogP contribution in [-0.2, 0) is 0 Å². The number of hydrogen-bond acceptors (Lipinski definition) is 2. The maximum absolute atomic E-state index is 8.12. The van der Waals surface area contributed by atoms with Gasteiger partial charge in [0.15, 0.2) is 0 Å². The van der Waals surface area contributed by atoms with Crippen LogP contribution in [0.5, 0.6) is 0 Å². The van der Waals surface area contributed by atoms with E-state index in [2.05, 4.69) is 0 Å².